The topological polar surface area (TPSA) is 46.5 Å². The molecule has 1 atom stereocenters. The normalized spacial score (nSPS) is 22.7. The SMILES string of the molecule is CCCCC1=C(OC)C(O)(C#CC[Si](C)(C)C)C1=O. The third-order valence-corrected chi connectivity index (χ3v) is 4.32. The molecule has 0 saturated carbocycles. The van der Waals surface area contributed by atoms with Crippen LogP contribution in [0, 0.1) is 11.8 Å². The number of ether oxygens (including phenoxy) is 1. The van der Waals surface area contributed by atoms with Gasteiger partial charge in [-0.05, 0) is 12.8 Å². The Morgan fingerprint density at radius 1 is 1.37 bits per heavy atom. The van der Waals surface area contributed by atoms with Crippen molar-refractivity contribution >= 4 is 13.9 Å². The van der Waals surface area contributed by atoms with Crippen LogP contribution >= 0.6 is 0 Å². The summed E-state index contributed by atoms with van der Waals surface area (Å²) in [6.07, 6.45) is 2.59. The summed E-state index contributed by atoms with van der Waals surface area (Å²) in [6, 6.07) is 0.768. The number of methoxy groups -OCH3 is 1. The van der Waals surface area contributed by atoms with Crippen LogP contribution in [0.5, 0.6) is 0 Å². The van der Waals surface area contributed by atoms with E-state index in [1.807, 2.05) is 0 Å². The molecule has 0 aromatic heterocycles. The van der Waals surface area contributed by atoms with Crippen molar-refractivity contribution < 1.29 is 14.6 Å². The first kappa shape index (κ1) is 16.0. The van der Waals surface area contributed by atoms with Gasteiger partial charge in [0.2, 0.25) is 11.4 Å². The van der Waals surface area contributed by atoms with E-state index in [0.717, 1.165) is 18.9 Å². The fraction of sp³-hybridized carbons (Fsp3) is 0.667. The smallest absolute Gasteiger partial charge is 0.247 e. The molecule has 0 amide bonds. The van der Waals surface area contributed by atoms with E-state index in [0.29, 0.717) is 17.8 Å². The molecule has 0 fully saturated rings. The minimum absolute atomic E-state index is 0.277. The summed E-state index contributed by atoms with van der Waals surface area (Å²) in [6.45, 7) is 8.67. The summed E-state index contributed by atoms with van der Waals surface area (Å²) in [4.78, 5) is 12.0. The zero-order valence-corrected chi connectivity index (χ0v) is 13.6. The first-order valence-corrected chi connectivity index (χ1v) is 10.5. The second-order valence-electron chi connectivity index (χ2n) is 6.19. The van der Waals surface area contributed by atoms with Crippen molar-refractivity contribution in [3.63, 3.8) is 0 Å². The van der Waals surface area contributed by atoms with Gasteiger partial charge in [-0.15, -0.1) is 5.92 Å². The highest BCUT2D eigenvalue weighted by Crippen LogP contribution is 2.38. The maximum absolute atomic E-state index is 12.0. The predicted molar refractivity (Wildman–Crippen MR) is 79.4 cm³/mol. The second kappa shape index (κ2) is 5.94. The van der Waals surface area contributed by atoms with Crippen molar-refractivity contribution in [3.8, 4) is 11.8 Å². The molecule has 0 aromatic carbocycles. The summed E-state index contributed by atoms with van der Waals surface area (Å²) >= 11 is 0. The Morgan fingerprint density at radius 3 is 2.47 bits per heavy atom. The molecule has 19 heavy (non-hydrogen) atoms. The molecule has 4 heteroatoms. The molecule has 0 bridgehead atoms. The minimum Gasteiger partial charge on any atom is -0.496 e. The molecule has 0 radical (unpaired) electrons. The van der Waals surface area contributed by atoms with E-state index in [1.54, 1.807) is 0 Å². The largest absolute Gasteiger partial charge is 0.496 e. The Kier molecular flexibility index (Phi) is 5.00. The van der Waals surface area contributed by atoms with Gasteiger partial charge in [0.1, 0.15) is 0 Å². The fourth-order valence-corrected chi connectivity index (χ4v) is 2.60. The quantitative estimate of drug-likeness (QED) is 0.622. The lowest BCUT2D eigenvalue weighted by Crippen LogP contribution is -2.50. The fourth-order valence-electron chi connectivity index (χ4n) is 1.98. The van der Waals surface area contributed by atoms with Gasteiger partial charge in [0.25, 0.3) is 0 Å². The van der Waals surface area contributed by atoms with E-state index in [-0.39, 0.29) is 5.78 Å². The molecule has 106 valence electrons. The summed E-state index contributed by atoms with van der Waals surface area (Å²) in [7, 11) is 0.194. The van der Waals surface area contributed by atoms with E-state index in [2.05, 4.69) is 38.4 Å². The van der Waals surface area contributed by atoms with Crippen LogP contribution in [-0.2, 0) is 9.53 Å². The Morgan fingerprint density at radius 2 is 2.00 bits per heavy atom. The van der Waals surface area contributed by atoms with Gasteiger partial charge in [0.05, 0.1) is 15.2 Å². The van der Waals surface area contributed by atoms with Crippen LogP contribution in [0.15, 0.2) is 11.3 Å². The average Bonchev–Trinajstić information content (AvgIpc) is 2.31. The third kappa shape index (κ3) is 3.49. The van der Waals surface area contributed by atoms with E-state index in [1.165, 1.54) is 7.11 Å². The highest BCUT2D eigenvalue weighted by molar-refractivity contribution is 6.76. The molecule has 0 aliphatic heterocycles. The Labute approximate surface area is 117 Å². The maximum Gasteiger partial charge on any atom is 0.247 e. The highest BCUT2D eigenvalue weighted by Gasteiger charge is 2.53. The summed E-state index contributed by atoms with van der Waals surface area (Å²) in [5.41, 5.74) is -1.08. The lowest BCUT2D eigenvalue weighted by Gasteiger charge is -2.34. The molecular weight excluding hydrogens is 256 g/mol. The van der Waals surface area contributed by atoms with Crippen LogP contribution in [0.2, 0.25) is 25.7 Å². The molecule has 1 aliphatic carbocycles. The van der Waals surface area contributed by atoms with Gasteiger partial charge in [-0.2, -0.15) is 0 Å². The van der Waals surface area contributed by atoms with Crippen molar-refractivity contribution in [2.45, 2.75) is 57.5 Å². The number of ketones is 1. The van der Waals surface area contributed by atoms with Crippen molar-refractivity contribution in [2.75, 3.05) is 7.11 Å². The molecule has 0 heterocycles. The monoisotopic (exact) mass is 280 g/mol. The summed E-state index contributed by atoms with van der Waals surface area (Å²) in [5.74, 6) is 5.76. The maximum atomic E-state index is 12.0. The number of aliphatic hydroxyl groups is 1. The van der Waals surface area contributed by atoms with Gasteiger partial charge < -0.3 is 9.84 Å². The van der Waals surface area contributed by atoms with Crippen LogP contribution in [0.25, 0.3) is 0 Å². The number of hydrogen-bond donors (Lipinski definition) is 1. The van der Waals surface area contributed by atoms with Crippen molar-refractivity contribution in [2.24, 2.45) is 0 Å². The zero-order chi connectivity index (χ0) is 14.7. The van der Waals surface area contributed by atoms with E-state index >= 15 is 0 Å². The van der Waals surface area contributed by atoms with Gasteiger partial charge >= 0.3 is 0 Å². The number of rotatable bonds is 5. The number of hydrogen-bond acceptors (Lipinski definition) is 3. The number of Topliss-reactive ketones (excluding diaryl/α,β-unsaturated/α-hetero) is 1. The van der Waals surface area contributed by atoms with Gasteiger partial charge in [-0.3, -0.25) is 4.79 Å². The molecule has 0 spiro atoms. The van der Waals surface area contributed by atoms with Crippen molar-refractivity contribution in [1.82, 2.24) is 0 Å². The Hall–Kier alpha value is -1.05. The lowest BCUT2D eigenvalue weighted by atomic mass is 9.76. The van der Waals surface area contributed by atoms with Gasteiger partial charge in [0, 0.05) is 11.6 Å². The standard InChI is InChI=1S/C15H24O3Si/c1-6-7-9-12-13(16)15(17,14(12)18-2)10-8-11-19(3,4)5/h17H,6-7,9,11H2,1-5H3. The molecule has 0 aromatic rings. The predicted octanol–water partition coefficient (Wildman–Crippen LogP) is 2.73. The third-order valence-electron chi connectivity index (χ3n) is 3.08. The molecule has 1 N–H and O–H groups in total. The van der Waals surface area contributed by atoms with Gasteiger partial charge in [0.15, 0.2) is 5.76 Å². The molecule has 1 aliphatic rings. The highest BCUT2D eigenvalue weighted by atomic mass is 28.3. The van der Waals surface area contributed by atoms with Gasteiger partial charge in [-0.25, -0.2) is 0 Å². The Balaban J connectivity index is 2.89. The lowest BCUT2D eigenvalue weighted by molar-refractivity contribution is -0.133. The van der Waals surface area contributed by atoms with Crippen molar-refractivity contribution in [3.05, 3.63) is 11.3 Å². The first-order valence-electron chi connectivity index (χ1n) is 6.81. The molecular formula is C15H24O3Si. The zero-order valence-electron chi connectivity index (χ0n) is 12.6. The first-order chi connectivity index (χ1) is 8.76. The summed E-state index contributed by atoms with van der Waals surface area (Å²) in [5, 5.41) is 10.3. The van der Waals surface area contributed by atoms with Crippen LogP contribution in [0.4, 0.5) is 0 Å². The van der Waals surface area contributed by atoms with Crippen LogP contribution in [-0.4, -0.2) is 31.7 Å². The van der Waals surface area contributed by atoms with Crippen molar-refractivity contribution in [1.29, 1.82) is 0 Å². The average molecular weight is 280 g/mol. The minimum atomic E-state index is -1.68. The number of carbonyl (C=O) groups is 1. The van der Waals surface area contributed by atoms with Gasteiger partial charge in [-0.1, -0.05) is 38.9 Å². The van der Waals surface area contributed by atoms with Crippen LogP contribution in [0.3, 0.4) is 0 Å². The summed E-state index contributed by atoms with van der Waals surface area (Å²) < 4.78 is 5.18. The Bertz CT molecular complexity index is 448. The van der Waals surface area contributed by atoms with Crippen LogP contribution < -0.4 is 0 Å². The number of carbonyl (C=O) groups excluding carboxylic acids is 1. The molecule has 1 unspecified atom stereocenters. The molecule has 0 saturated heterocycles. The van der Waals surface area contributed by atoms with Crippen LogP contribution in [0.1, 0.15) is 26.2 Å². The number of unbranched alkanes of at least 4 members (excludes halogenated alkanes) is 1. The second-order valence-corrected chi connectivity index (χ2v) is 11.7. The van der Waals surface area contributed by atoms with E-state index in [9.17, 15) is 9.90 Å². The van der Waals surface area contributed by atoms with E-state index < -0.39 is 13.7 Å². The molecule has 1 rings (SSSR count). The van der Waals surface area contributed by atoms with E-state index in [4.69, 9.17) is 4.74 Å². The molecule has 3 nitrogen and oxygen atoms in total.